The Morgan fingerprint density at radius 3 is 2.31 bits per heavy atom. The molecule has 0 aliphatic carbocycles. The molecule has 2 heteroatoms. The fourth-order valence-corrected chi connectivity index (χ4v) is 1.87. The van der Waals surface area contributed by atoms with E-state index in [0.717, 1.165) is 19.0 Å². The van der Waals surface area contributed by atoms with Crippen molar-refractivity contribution >= 4 is 5.69 Å². The summed E-state index contributed by atoms with van der Waals surface area (Å²) in [5.74, 6) is 0.768. The van der Waals surface area contributed by atoms with Crippen molar-refractivity contribution in [3.8, 4) is 0 Å². The summed E-state index contributed by atoms with van der Waals surface area (Å²) in [5.41, 5.74) is 1.20. The second-order valence-corrected chi connectivity index (χ2v) is 4.78. The summed E-state index contributed by atoms with van der Waals surface area (Å²) in [6.07, 6.45) is 1.24. The first-order chi connectivity index (χ1) is 7.68. The molecule has 0 spiro atoms. The Balaban J connectivity index is 2.08. The Hall–Kier alpha value is -1.02. The third-order valence-corrected chi connectivity index (χ3v) is 2.55. The largest absolute Gasteiger partial charge is 0.384 e. The van der Waals surface area contributed by atoms with Gasteiger partial charge in [-0.15, -0.1) is 0 Å². The van der Waals surface area contributed by atoms with E-state index in [0.29, 0.717) is 6.04 Å². The molecule has 0 saturated heterocycles. The van der Waals surface area contributed by atoms with E-state index in [1.807, 2.05) is 6.07 Å². The molecule has 0 amide bonds. The number of nitrogens with one attached hydrogen (secondary N) is 2. The van der Waals surface area contributed by atoms with E-state index in [4.69, 9.17) is 0 Å². The lowest BCUT2D eigenvalue weighted by molar-refractivity contribution is 0.448. The molecule has 2 N–H and O–H groups in total. The molecule has 16 heavy (non-hydrogen) atoms. The third kappa shape index (κ3) is 5.76. The Morgan fingerprint density at radius 1 is 1.00 bits per heavy atom. The molecule has 0 aromatic heterocycles. The van der Waals surface area contributed by atoms with Gasteiger partial charge in [-0.1, -0.05) is 32.0 Å². The van der Waals surface area contributed by atoms with E-state index in [1.54, 1.807) is 0 Å². The van der Waals surface area contributed by atoms with Gasteiger partial charge in [0.2, 0.25) is 0 Å². The molecule has 1 rings (SSSR count). The second kappa shape index (κ2) is 7.29. The van der Waals surface area contributed by atoms with E-state index in [1.165, 1.54) is 12.1 Å². The third-order valence-electron chi connectivity index (χ3n) is 2.55. The van der Waals surface area contributed by atoms with Gasteiger partial charge in [-0.25, -0.2) is 0 Å². The summed E-state index contributed by atoms with van der Waals surface area (Å²) in [4.78, 5) is 0. The average molecular weight is 220 g/mol. The topological polar surface area (TPSA) is 24.1 Å². The van der Waals surface area contributed by atoms with Crippen LogP contribution < -0.4 is 10.6 Å². The highest BCUT2D eigenvalue weighted by molar-refractivity contribution is 5.42. The van der Waals surface area contributed by atoms with Gasteiger partial charge in [-0.3, -0.25) is 0 Å². The van der Waals surface area contributed by atoms with Crippen molar-refractivity contribution in [3.63, 3.8) is 0 Å². The Labute approximate surface area is 99.5 Å². The fourth-order valence-electron chi connectivity index (χ4n) is 1.87. The predicted octanol–water partition coefficient (Wildman–Crippen LogP) is 3.12. The standard InChI is InChI=1S/C14H24N2/c1-12(2)11-13(3)15-9-10-16-14-7-5-4-6-8-14/h4-8,12-13,15-16H,9-11H2,1-3H3. The van der Waals surface area contributed by atoms with Crippen LogP contribution in [0, 0.1) is 5.92 Å². The molecule has 0 aliphatic heterocycles. The molecule has 0 saturated carbocycles. The first-order valence-electron chi connectivity index (χ1n) is 6.21. The molecule has 0 aliphatic rings. The first-order valence-corrected chi connectivity index (χ1v) is 6.21. The molecule has 0 radical (unpaired) electrons. The van der Waals surface area contributed by atoms with E-state index in [-0.39, 0.29) is 0 Å². The lowest BCUT2D eigenvalue weighted by Gasteiger charge is -2.16. The summed E-state index contributed by atoms with van der Waals surface area (Å²) >= 11 is 0. The lowest BCUT2D eigenvalue weighted by Crippen LogP contribution is -2.31. The van der Waals surface area contributed by atoms with Gasteiger partial charge in [-0.05, 0) is 31.4 Å². The van der Waals surface area contributed by atoms with Crippen LogP contribution in [0.5, 0.6) is 0 Å². The summed E-state index contributed by atoms with van der Waals surface area (Å²) in [6.45, 7) is 8.78. The van der Waals surface area contributed by atoms with Crippen LogP contribution in [0.1, 0.15) is 27.2 Å². The van der Waals surface area contributed by atoms with Crippen molar-refractivity contribution in [1.29, 1.82) is 0 Å². The number of hydrogen-bond donors (Lipinski definition) is 2. The van der Waals surface area contributed by atoms with Gasteiger partial charge in [0.05, 0.1) is 0 Å². The maximum Gasteiger partial charge on any atom is 0.0340 e. The highest BCUT2D eigenvalue weighted by Crippen LogP contribution is 2.04. The van der Waals surface area contributed by atoms with Crippen LogP contribution in [-0.4, -0.2) is 19.1 Å². The minimum atomic E-state index is 0.609. The maximum atomic E-state index is 3.52. The molecule has 1 unspecified atom stereocenters. The monoisotopic (exact) mass is 220 g/mol. The molecular formula is C14H24N2. The van der Waals surface area contributed by atoms with Crippen LogP contribution in [0.15, 0.2) is 30.3 Å². The van der Waals surface area contributed by atoms with Crippen molar-refractivity contribution < 1.29 is 0 Å². The summed E-state index contributed by atoms with van der Waals surface area (Å²) < 4.78 is 0. The minimum Gasteiger partial charge on any atom is -0.384 e. The van der Waals surface area contributed by atoms with Crippen LogP contribution in [0.3, 0.4) is 0 Å². The van der Waals surface area contributed by atoms with Gasteiger partial charge in [0.1, 0.15) is 0 Å². The van der Waals surface area contributed by atoms with Crippen molar-refractivity contribution in [3.05, 3.63) is 30.3 Å². The van der Waals surface area contributed by atoms with Gasteiger partial charge in [0, 0.05) is 24.8 Å². The number of anilines is 1. The van der Waals surface area contributed by atoms with Crippen molar-refractivity contribution in [2.75, 3.05) is 18.4 Å². The van der Waals surface area contributed by atoms with Crippen molar-refractivity contribution in [2.24, 2.45) is 5.92 Å². The Bertz CT molecular complexity index is 269. The minimum absolute atomic E-state index is 0.609. The molecule has 90 valence electrons. The van der Waals surface area contributed by atoms with Crippen LogP contribution in [0.2, 0.25) is 0 Å². The molecular weight excluding hydrogens is 196 g/mol. The Kier molecular flexibility index (Phi) is 5.94. The average Bonchev–Trinajstić information content (AvgIpc) is 2.25. The molecule has 1 aromatic carbocycles. The SMILES string of the molecule is CC(C)CC(C)NCCNc1ccccc1. The quantitative estimate of drug-likeness (QED) is 0.690. The van der Waals surface area contributed by atoms with Gasteiger partial charge in [-0.2, -0.15) is 0 Å². The highest BCUT2D eigenvalue weighted by Gasteiger charge is 2.02. The van der Waals surface area contributed by atoms with E-state index in [9.17, 15) is 0 Å². The molecule has 0 heterocycles. The first kappa shape index (κ1) is 13.0. The lowest BCUT2D eigenvalue weighted by atomic mass is 10.1. The molecule has 0 bridgehead atoms. The summed E-state index contributed by atoms with van der Waals surface area (Å²) in [6, 6.07) is 10.9. The van der Waals surface area contributed by atoms with Gasteiger partial charge >= 0.3 is 0 Å². The van der Waals surface area contributed by atoms with Gasteiger partial charge in [0.15, 0.2) is 0 Å². The van der Waals surface area contributed by atoms with Gasteiger partial charge < -0.3 is 10.6 Å². The molecule has 0 fully saturated rings. The fraction of sp³-hybridized carbons (Fsp3) is 0.571. The molecule has 2 nitrogen and oxygen atoms in total. The van der Waals surface area contributed by atoms with Crippen molar-refractivity contribution in [1.82, 2.24) is 5.32 Å². The van der Waals surface area contributed by atoms with Crippen LogP contribution in [0.4, 0.5) is 5.69 Å². The zero-order chi connectivity index (χ0) is 11.8. The maximum absolute atomic E-state index is 3.52. The zero-order valence-electron chi connectivity index (χ0n) is 10.7. The van der Waals surface area contributed by atoms with E-state index < -0.39 is 0 Å². The number of para-hydroxylation sites is 1. The van der Waals surface area contributed by atoms with E-state index in [2.05, 4.69) is 55.7 Å². The number of benzene rings is 1. The number of hydrogen-bond acceptors (Lipinski definition) is 2. The van der Waals surface area contributed by atoms with Crippen molar-refractivity contribution in [2.45, 2.75) is 33.2 Å². The summed E-state index contributed by atoms with van der Waals surface area (Å²) in [7, 11) is 0. The number of rotatable bonds is 7. The molecule has 1 aromatic rings. The van der Waals surface area contributed by atoms with Crippen LogP contribution in [0.25, 0.3) is 0 Å². The summed E-state index contributed by atoms with van der Waals surface area (Å²) in [5, 5.41) is 6.91. The smallest absolute Gasteiger partial charge is 0.0340 e. The molecule has 1 atom stereocenters. The Morgan fingerprint density at radius 2 is 1.69 bits per heavy atom. The zero-order valence-corrected chi connectivity index (χ0v) is 10.7. The van der Waals surface area contributed by atoms with E-state index >= 15 is 0 Å². The van der Waals surface area contributed by atoms with Gasteiger partial charge in [0.25, 0.3) is 0 Å². The highest BCUT2D eigenvalue weighted by atomic mass is 15.0. The second-order valence-electron chi connectivity index (χ2n) is 4.78. The van der Waals surface area contributed by atoms with Crippen LogP contribution in [-0.2, 0) is 0 Å². The van der Waals surface area contributed by atoms with Crippen LogP contribution >= 0.6 is 0 Å². The normalized spacial score (nSPS) is 12.8. The predicted molar refractivity (Wildman–Crippen MR) is 71.9 cm³/mol.